The summed E-state index contributed by atoms with van der Waals surface area (Å²) >= 11 is 0. The lowest BCUT2D eigenvalue weighted by atomic mass is 10.1. The molecule has 0 saturated heterocycles. The van der Waals surface area contributed by atoms with Gasteiger partial charge in [0.1, 0.15) is 0 Å². The highest BCUT2D eigenvalue weighted by atomic mass is 15.2. The SMILES string of the molecule is CC1=C(C(C)C)NCCN1C. The Kier molecular flexibility index (Phi) is 2.42. The summed E-state index contributed by atoms with van der Waals surface area (Å²) in [4.78, 5) is 2.31. The van der Waals surface area contributed by atoms with Gasteiger partial charge in [-0.3, -0.25) is 0 Å². The molecule has 1 heterocycles. The maximum absolute atomic E-state index is 3.44. The Morgan fingerprint density at radius 2 is 2.09 bits per heavy atom. The second kappa shape index (κ2) is 3.16. The van der Waals surface area contributed by atoms with Crippen LogP contribution in [0.2, 0.25) is 0 Å². The third kappa shape index (κ3) is 1.67. The number of likely N-dealkylation sites (N-methyl/N-ethyl adjacent to an activating group) is 1. The van der Waals surface area contributed by atoms with Crippen LogP contribution >= 0.6 is 0 Å². The number of hydrogen-bond acceptors (Lipinski definition) is 2. The average molecular weight is 154 g/mol. The summed E-state index contributed by atoms with van der Waals surface area (Å²) in [5.74, 6) is 0.623. The lowest BCUT2D eigenvalue weighted by Crippen LogP contribution is -2.37. The average Bonchev–Trinajstić information content (AvgIpc) is 1.94. The number of nitrogens with one attached hydrogen (secondary N) is 1. The van der Waals surface area contributed by atoms with Crippen LogP contribution in [0.5, 0.6) is 0 Å². The zero-order chi connectivity index (χ0) is 8.43. The molecule has 0 aromatic rings. The van der Waals surface area contributed by atoms with E-state index in [1.165, 1.54) is 11.4 Å². The van der Waals surface area contributed by atoms with Crippen molar-refractivity contribution in [3.63, 3.8) is 0 Å². The number of rotatable bonds is 1. The molecule has 11 heavy (non-hydrogen) atoms. The van der Waals surface area contributed by atoms with Gasteiger partial charge in [0.05, 0.1) is 0 Å². The molecule has 0 spiro atoms. The van der Waals surface area contributed by atoms with E-state index in [1.807, 2.05) is 0 Å². The van der Waals surface area contributed by atoms with Gasteiger partial charge in [-0.25, -0.2) is 0 Å². The van der Waals surface area contributed by atoms with Crippen LogP contribution in [-0.2, 0) is 0 Å². The van der Waals surface area contributed by atoms with E-state index in [4.69, 9.17) is 0 Å². The van der Waals surface area contributed by atoms with Gasteiger partial charge in [-0.15, -0.1) is 0 Å². The minimum Gasteiger partial charge on any atom is -0.385 e. The van der Waals surface area contributed by atoms with Gasteiger partial charge < -0.3 is 10.2 Å². The van der Waals surface area contributed by atoms with Crippen LogP contribution in [0.4, 0.5) is 0 Å². The fourth-order valence-corrected chi connectivity index (χ4v) is 1.48. The Bertz CT molecular complexity index is 170. The largest absolute Gasteiger partial charge is 0.385 e. The van der Waals surface area contributed by atoms with Crippen LogP contribution < -0.4 is 5.32 Å². The quantitative estimate of drug-likeness (QED) is 0.614. The number of hydrogen-bond donors (Lipinski definition) is 1. The summed E-state index contributed by atoms with van der Waals surface area (Å²) in [6.07, 6.45) is 0. The Morgan fingerprint density at radius 3 is 2.55 bits per heavy atom. The van der Waals surface area contributed by atoms with Gasteiger partial charge in [-0.05, 0) is 12.8 Å². The summed E-state index contributed by atoms with van der Waals surface area (Å²) in [5, 5.41) is 3.44. The van der Waals surface area contributed by atoms with Crippen molar-refractivity contribution in [1.82, 2.24) is 10.2 Å². The van der Waals surface area contributed by atoms with Gasteiger partial charge in [-0.1, -0.05) is 13.8 Å². The topological polar surface area (TPSA) is 15.3 Å². The first kappa shape index (κ1) is 8.44. The van der Waals surface area contributed by atoms with Gasteiger partial charge in [0.15, 0.2) is 0 Å². The molecule has 0 aromatic carbocycles. The van der Waals surface area contributed by atoms with E-state index in [-0.39, 0.29) is 0 Å². The summed E-state index contributed by atoms with van der Waals surface area (Å²) in [5.41, 5.74) is 2.80. The first-order valence-corrected chi connectivity index (χ1v) is 4.28. The summed E-state index contributed by atoms with van der Waals surface area (Å²) in [6.45, 7) is 8.85. The monoisotopic (exact) mass is 154 g/mol. The Hall–Kier alpha value is -0.660. The molecule has 1 rings (SSSR count). The Labute approximate surface area is 69.3 Å². The smallest absolute Gasteiger partial charge is 0.0345 e. The predicted octanol–water partition coefficient (Wildman–Crippen LogP) is 1.41. The molecule has 2 heteroatoms. The van der Waals surface area contributed by atoms with Crippen LogP contribution in [0, 0.1) is 5.92 Å². The molecular weight excluding hydrogens is 136 g/mol. The molecule has 0 fully saturated rings. The van der Waals surface area contributed by atoms with Crippen molar-refractivity contribution in [3.05, 3.63) is 11.4 Å². The molecule has 1 aliphatic heterocycles. The molecule has 2 nitrogen and oxygen atoms in total. The van der Waals surface area contributed by atoms with Gasteiger partial charge in [0, 0.05) is 31.5 Å². The van der Waals surface area contributed by atoms with E-state index in [1.54, 1.807) is 0 Å². The summed E-state index contributed by atoms with van der Waals surface area (Å²) in [7, 11) is 2.15. The normalized spacial score (nSPS) is 19.2. The molecule has 0 radical (unpaired) electrons. The van der Waals surface area contributed by atoms with Crippen molar-refractivity contribution in [2.45, 2.75) is 20.8 Å². The standard InChI is InChI=1S/C9H18N2/c1-7(2)9-8(3)11(4)6-5-10-9/h7,10H,5-6H2,1-4H3. The minimum atomic E-state index is 0.623. The molecule has 0 amide bonds. The van der Waals surface area contributed by atoms with Crippen LogP contribution in [-0.4, -0.2) is 25.0 Å². The molecule has 0 aromatic heterocycles. The van der Waals surface area contributed by atoms with Crippen LogP contribution in [0.3, 0.4) is 0 Å². The van der Waals surface area contributed by atoms with Gasteiger partial charge in [-0.2, -0.15) is 0 Å². The van der Waals surface area contributed by atoms with Crippen LogP contribution in [0.15, 0.2) is 11.4 Å². The maximum Gasteiger partial charge on any atom is 0.0345 e. The second-order valence-corrected chi connectivity index (χ2v) is 3.50. The van der Waals surface area contributed by atoms with Crippen molar-refractivity contribution >= 4 is 0 Å². The summed E-state index contributed by atoms with van der Waals surface area (Å²) < 4.78 is 0. The molecule has 0 aliphatic carbocycles. The Morgan fingerprint density at radius 1 is 1.45 bits per heavy atom. The van der Waals surface area contributed by atoms with Crippen molar-refractivity contribution in [2.24, 2.45) is 5.92 Å². The highest BCUT2D eigenvalue weighted by Gasteiger charge is 2.14. The predicted molar refractivity (Wildman–Crippen MR) is 48.2 cm³/mol. The second-order valence-electron chi connectivity index (χ2n) is 3.50. The minimum absolute atomic E-state index is 0.623. The highest BCUT2D eigenvalue weighted by molar-refractivity contribution is 5.13. The Balaban J connectivity index is 2.80. The summed E-state index contributed by atoms with van der Waals surface area (Å²) in [6, 6.07) is 0. The molecule has 0 unspecified atom stereocenters. The zero-order valence-corrected chi connectivity index (χ0v) is 7.94. The van der Waals surface area contributed by atoms with Gasteiger partial charge >= 0.3 is 0 Å². The molecule has 0 saturated carbocycles. The van der Waals surface area contributed by atoms with Crippen molar-refractivity contribution in [3.8, 4) is 0 Å². The third-order valence-corrected chi connectivity index (χ3v) is 2.30. The number of allylic oxidation sites excluding steroid dienone is 2. The first-order chi connectivity index (χ1) is 5.13. The van der Waals surface area contributed by atoms with E-state index in [2.05, 4.69) is 38.0 Å². The molecular formula is C9H18N2. The fraction of sp³-hybridized carbons (Fsp3) is 0.778. The number of nitrogens with zero attached hydrogens (tertiary/aromatic N) is 1. The fourth-order valence-electron chi connectivity index (χ4n) is 1.48. The van der Waals surface area contributed by atoms with Crippen molar-refractivity contribution in [2.75, 3.05) is 20.1 Å². The van der Waals surface area contributed by atoms with Crippen LogP contribution in [0.25, 0.3) is 0 Å². The van der Waals surface area contributed by atoms with Gasteiger partial charge in [0.25, 0.3) is 0 Å². The van der Waals surface area contributed by atoms with Crippen molar-refractivity contribution in [1.29, 1.82) is 0 Å². The molecule has 0 atom stereocenters. The van der Waals surface area contributed by atoms with Crippen molar-refractivity contribution < 1.29 is 0 Å². The van der Waals surface area contributed by atoms with E-state index in [9.17, 15) is 0 Å². The highest BCUT2D eigenvalue weighted by Crippen LogP contribution is 2.16. The first-order valence-electron chi connectivity index (χ1n) is 4.28. The van der Waals surface area contributed by atoms with Gasteiger partial charge in [0.2, 0.25) is 0 Å². The third-order valence-electron chi connectivity index (χ3n) is 2.30. The molecule has 64 valence electrons. The maximum atomic E-state index is 3.44. The zero-order valence-electron chi connectivity index (χ0n) is 7.94. The van der Waals surface area contributed by atoms with Crippen LogP contribution in [0.1, 0.15) is 20.8 Å². The lowest BCUT2D eigenvalue weighted by Gasteiger charge is -2.31. The molecule has 0 bridgehead atoms. The van der Waals surface area contributed by atoms with E-state index < -0.39 is 0 Å². The molecule has 1 aliphatic rings. The van der Waals surface area contributed by atoms with E-state index in [0.29, 0.717) is 5.92 Å². The molecule has 1 N–H and O–H groups in total. The lowest BCUT2D eigenvalue weighted by molar-refractivity contribution is 0.366. The van der Waals surface area contributed by atoms with E-state index >= 15 is 0 Å². The van der Waals surface area contributed by atoms with E-state index in [0.717, 1.165) is 13.1 Å².